The van der Waals surface area contributed by atoms with Gasteiger partial charge in [-0.05, 0) is 13.0 Å². The highest BCUT2D eigenvalue weighted by Crippen LogP contribution is 2.20. The molecule has 0 spiro atoms. The lowest BCUT2D eigenvalue weighted by molar-refractivity contribution is 0.984. The van der Waals surface area contributed by atoms with Crippen molar-refractivity contribution in [3.8, 4) is 22.6 Å². The van der Waals surface area contributed by atoms with Crippen LogP contribution < -0.4 is 0 Å². The summed E-state index contributed by atoms with van der Waals surface area (Å²) in [7, 11) is 0. The fourth-order valence-corrected chi connectivity index (χ4v) is 1.96. The van der Waals surface area contributed by atoms with E-state index in [0.717, 1.165) is 16.8 Å². The molecule has 0 radical (unpaired) electrons. The lowest BCUT2D eigenvalue weighted by Crippen LogP contribution is -1.94. The van der Waals surface area contributed by atoms with E-state index < -0.39 is 0 Å². The highest BCUT2D eigenvalue weighted by Gasteiger charge is 2.05. The summed E-state index contributed by atoms with van der Waals surface area (Å²) in [6.45, 7) is 2.05. The normalized spacial score (nSPS) is 10.4. The molecule has 1 heterocycles. The van der Waals surface area contributed by atoms with Crippen LogP contribution in [0.1, 0.15) is 5.56 Å². The molecule has 3 rings (SSSR count). The van der Waals surface area contributed by atoms with Crippen molar-refractivity contribution in [3.63, 3.8) is 0 Å². The van der Waals surface area contributed by atoms with E-state index in [1.165, 1.54) is 5.56 Å². The van der Waals surface area contributed by atoms with Gasteiger partial charge in [0, 0.05) is 11.1 Å². The molecule has 0 aliphatic heterocycles. The zero-order valence-corrected chi connectivity index (χ0v) is 10.6. The summed E-state index contributed by atoms with van der Waals surface area (Å²) in [6, 6.07) is 18.1. The third-order valence-corrected chi connectivity index (χ3v) is 2.90. The summed E-state index contributed by atoms with van der Waals surface area (Å²) < 4.78 is 0. The maximum Gasteiger partial charge on any atom is 0.182 e. The van der Waals surface area contributed by atoms with Crippen LogP contribution in [0.2, 0.25) is 0 Å². The average Bonchev–Trinajstić information content (AvgIpc) is 2.48. The zero-order valence-electron chi connectivity index (χ0n) is 10.6. The summed E-state index contributed by atoms with van der Waals surface area (Å²) in [5.74, 6) is 0.657. The molecular weight excluding hydrogens is 234 g/mol. The molecule has 19 heavy (non-hydrogen) atoms. The minimum atomic E-state index is 0.657. The highest BCUT2D eigenvalue weighted by molar-refractivity contribution is 5.62. The Balaban J connectivity index is 2.06. The minimum absolute atomic E-state index is 0.657. The second-order valence-electron chi connectivity index (χ2n) is 4.40. The van der Waals surface area contributed by atoms with E-state index in [2.05, 4.69) is 34.2 Å². The van der Waals surface area contributed by atoms with Gasteiger partial charge in [0.05, 0.1) is 11.9 Å². The van der Waals surface area contributed by atoms with Gasteiger partial charge in [0.25, 0.3) is 0 Å². The zero-order chi connectivity index (χ0) is 13.1. The molecule has 0 bridgehead atoms. The Hall–Kier alpha value is -2.55. The quantitative estimate of drug-likeness (QED) is 0.695. The van der Waals surface area contributed by atoms with Gasteiger partial charge >= 0.3 is 0 Å². The lowest BCUT2D eigenvalue weighted by Gasteiger charge is -2.03. The number of rotatable bonds is 2. The maximum atomic E-state index is 4.58. The number of hydrogen-bond acceptors (Lipinski definition) is 3. The van der Waals surface area contributed by atoms with Gasteiger partial charge in [-0.2, -0.15) is 5.10 Å². The smallest absolute Gasteiger partial charge is 0.182 e. The molecule has 0 atom stereocenters. The van der Waals surface area contributed by atoms with Crippen LogP contribution in [0.25, 0.3) is 22.6 Å². The molecule has 3 nitrogen and oxygen atoms in total. The van der Waals surface area contributed by atoms with Crippen molar-refractivity contribution in [1.29, 1.82) is 0 Å². The van der Waals surface area contributed by atoms with Gasteiger partial charge in [0.15, 0.2) is 5.82 Å². The van der Waals surface area contributed by atoms with Crippen LogP contribution in [0.3, 0.4) is 0 Å². The number of nitrogens with zero attached hydrogens (tertiary/aromatic N) is 3. The van der Waals surface area contributed by atoms with E-state index in [-0.39, 0.29) is 0 Å². The lowest BCUT2D eigenvalue weighted by atomic mass is 10.1. The van der Waals surface area contributed by atoms with Crippen molar-refractivity contribution in [3.05, 3.63) is 66.4 Å². The topological polar surface area (TPSA) is 38.7 Å². The van der Waals surface area contributed by atoms with Gasteiger partial charge in [-0.25, -0.2) is 4.98 Å². The first-order chi connectivity index (χ1) is 9.33. The summed E-state index contributed by atoms with van der Waals surface area (Å²) in [5.41, 5.74) is 4.06. The third kappa shape index (κ3) is 2.50. The van der Waals surface area contributed by atoms with Gasteiger partial charge in [0.2, 0.25) is 0 Å². The van der Waals surface area contributed by atoms with E-state index in [4.69, 9.17) is 0 Å². The predicted octanol–water partition coefficient (Wildman–Crippen LogP) is 3.51. The molecule has 1 aromatic heterocycles. The molecule has 0 amide bonds. The molecule has 0 unspecified atom stereocenters. The second kappa shape index (κ2) is 4.98. The predicted molar refractivity (Wildman–Crippen MR) is 75.4 cm³/mol. The van der Waals surface area contributed by atoms with Crippen LogP contribution >= 0.6 is 0 Å². The number of hydrogen-bond donors (Lipinski definition) is 0. The first-order valence-corrected chi connectivity index (χ1v) is 6.15. The van der Waals surface area contributed by atoms with Crippen molar-refractivity contribution in [2.45, 2.75) is 6.92 Å². The van der Waals surface area contributed by atoms with Gasteiger partial charge in [-0.3, -0.25) is 0 Å². The van der Waals surface area contributed by atoms with Gasteiger partial charge in [0.1, 0.15) is 0 Å². The summed E-state index contributed by atoms with van der Waals surface area (Å²) in [5, 5.41) is 8.17. The monoisotopic (exact) mass is 247 g/mol. The number of benzene rings is 2. The standard InChI is InChI=1S/C16H13N3/c1-12-6-5-9-14(10-12)16-18-15(11-17-19-16)13-7-3-2-4-8-13/h2-11H,1H3. The third-order valence-electron chi connectivity index (χ3n) is 2.90. The molecule has 0 aliphatic rings. The minimum Gasteiger partial charge on any atom is -0.225 e. The molecule has 3 aromatic rings. The van der Waals surface area contributed by atoms with E-state index in [1.807, 2.05) is 42.5 Å². The van der Waals surface area contributed by atoms with Crippen LogP contribution in [0.4, 0.5) is 0 Å². The number of aryl methyl sites for hydroxylation is 1. The molecule has 2 aromatic carbocycles. The van der Waals surface area contributed by atoms with Gasteiger partial charge in [-0.1, -0.05) is 54.1 Å². The van der Waals surface area contributed by atoms with Crippen LogP contribution in [0.15, 0.2) is 60.8 Å². The second-order valence-corrected chi connectivity index (χ2v) is 4.40. The summed E-state index contributed by atoms with van der Waals surface area (Å²) in [4.78, 5) is 4.58. The molecule has 0 saturated heterocycles. The largest absolute Gasteiger partial charge is 0.225 e. The Morgan fingerprint density at radius 3 is 2.42 bits per heavy atom. The van der Waals surface area contributed by atoms with Crippen molar-refractivity contribution < 1.29 is 0 Å². The molecule has 92 valence electrons. The van der Waals surface area contributed by atoms with Crippen molar-refractivity contribution in [2.75, 3.05) is 0 Å². The average molecular weight is 247 g/mol. The highest BCUT2D eigenvalue weighted by atomic mass is 15.1. The Morgan fingerprint density at radius 1 is 0.842 bits per heavy atom. The van der Waals surface area contributed by atoms with Crippen molar-refractivity contribution in [1.82, 2.24) is 15.2 Å². The van der Waals surface area contributed by atoms with Crippen LogP contribution in [0.5, 0.6) is 0 Å². The molecule has 0 fully saturated rings. The fourth-order valence-electron chi connectivity index (χ4n) is 1.96. The van der Waals surface area contributed by atoms with E-state index in [0.29, 0.717) is 5.82 Å². The SMILES string of the molecule is Cc1cccc(-c2nncc(-c3ccccc3)n2)c1. The van der Waals surface area contributed by atoms with E-state index >= 15 is 0 Å². The maximum absolute atomic E-state index is 4.58. The Labute approximate surface area is 112 Å². The molecule has 0 N–H and O–H groups in total. The summed E-state index contributed by atoms with van der Waals surface area (Å²) in [6.07, 6.45) is 1.69. The fraction of sp³-hybridized carbons (Fsp3) is 0.0625. The van der Waals surface area contributed by atoms with Crippen LogP contribution in [0, 0.1) is 6.92 Å². The van der Waals surface area contributed by atoms with Gasteiger partial charge in [-0.15, -0.1) is 5.10 Å². The summed E-state index contributed by atoms with van der Waals surface area (Å²) >= 11 is 0. The Kier molecular flexibility index (Phi) is 3.02. The van der Waals surface area contributed by atoms with Crippen molar-refractivity contribution >= 4 is 0 Å². The van der Waals surface area contributed by atoms with Crippen molar-refractivity contribution in [2.24, 2.45) is 0 Å². The first-order valence-electron chi connectivity index (χ1n) is 6.15. The van der Waals surface area contributed by atoms with E-state index in [9.17, 15) is 0 Å². The number of aromatic nitrogens is 3. The molecular formula is C16H13N3. The molecule has 0 saturated carbocycles. The molecule has 0 aliphatic carbocycles. The van der Waals surface area contributed by atoms with E-state index in [1.54, 1.807) is 6.20 Å². The first kappa shape index (κ1) is 11.5. The van der Waals surface area contributed by atoms with Crippen LogP contribution in [-0.4, -0.2) is 15.2 Å². The Morgan fingerprint density at radius 2 is 1.63 bits per heavy atom. The van der Waals surface area contributed by atoms with Gasteiger partial charge < -0.3 is 0 Å². The molecule has 3 heteroatoms. The van der Waals surface area contributed by atoms with Crippen LogP contribution in [-0.2, 0) is 0 Å². The Bertz CT molecular complexity index is 693.